The van der Waals surface area contributed by atoms with Crippen LogP contribution in [0.3, 0.4) is 0 Å². The number of fused-ring (bicyclic) bond motifs is 1. The first kappa shape index (κ1) is 20.9. The van der Waals surface area contributed by atoms with E-state index in [0.29, 0.717) is 12.3 Å². The van der Waals surface area contributed by atoms with Crippen LogP contribution >= 0.6 is 15.9 Å². The summed E-state index contributed by atoms with van der Waals surface area (Å²) in [6, 6.07) is 15.5. The average Bonchev–Trinajstić information content (AvgIpc) is 3.11. The zero-order valence-electron chi connectivity index (χ0n) is 16.0. The first-order chi connectivity index (χ1) is 13.4. The Balaban J connectivity index is 1.78. The Morgan fingerprint density at radius 2 is 1.93 bits per heavy atom. The molecule has 2 N–H and O–H groups in total. The van der Waals surface area contributed by atoms with Gasteiger partial charge in [-0.05, 0) is 44.0 Å². The van der Waals surface area contributed by atoms with Gasteiger partial charge in [-0.3, -0.25) is 4.72 Å². The Morgan fingerprint density at radius 1 is 1.14 bits per heavy atom. The number of halogens is 1. The van der Waals surface area contributed by atoms with E-state index in [1.807, 2.05) is 48.7 Å². The molecule has 0 aliphatic carbocycles. The standard InChI is InChI=1S/C21H25BrN2O3S/c1-15(27-12-6-11-22)16(2)28(25,26)24-18-8-5-7-17(13-18)20-14-23-21-10-4-3-9-19(20)21/h3-5,7-10,13-16,23-24H,6,11-12H2,1-2H3/t15-,16?/m0/s1. The smallest absolute Gasteiger partial charge is 0.237 e. The highest BCUT2D eigenvalue weighted by molar-refractivity contribution is 9.09. The van der Waals surface area contributed by atoms with E-state index in [0.717, 1.165) is 33.8 Å². The summed E-state index contributed by atoms with van der Waals surface area (Å²) in [7, 11) is -3.57. The molecule has 1 aromatic heterocycles. The largest absolute Gasteiger partial charge is 0.377 e. The Bertz CT molecular complexity index is 1030. The number of hydrogen-bond donors (Lipinski definition) is 2. The van der Waals surface area contributed by atoms with E-state index in [-0.39, 0.29) is 0 Å². The van der Waals surface area contributed by atoms with Crippen molar-refractivity contribution in [2.75, 3.05) is 16.7 Å². The van der Waals surface area contributed by atoms with E-state index < -0.39 is 21.4 Å². The summed E-state index contributed by atoms with van der Waals surface area (Å²) in [5.41, 5.74) is 3.58. The predicted octanol–water partition coefficient (Wildman–Crippen LogP) is 5.16. The van der Waals surface area contributed by atoms with E-state index in [9.17, 15) is 8.42 Å². The number of aromatic nitrogens is 1. The van der Waals surface area contributed by atoms with Crippen LogP contribution in [0.2, 0.25) is 0 Å². The first-order valence-electron chi connectivity index (χ1n) is 9.28. The van der Waals surface area contributed by atoms with Crippen molar-refractivity contribution in [1.82, 2.24) is 4.98 Å². The molecule has 0 aliphatic heterocycles. The highest BCUT2D eigenvalue weighted by atomic mass is 79.9. The van der Waals surface area contributed by atoms with E-state index in [1.165, 1.54) is 0 Å². The minimum Gasteiger partial charge on any atom is -0.377 e. The van der Waals surface area contributed by atoms with Crippen molar-refractivity contribution in [1.29, 1.82) is 0 Å². The highest BCUT2D eigenvalue weighted by Crippen LogP contribution is 2.30. The van der Waals surface area contributed by atoms with Crippen LogP contribution < -0.4 is 4.72 Å². The summed E-state index contributed by atoms with van der Waals surface area (Å²) in [6.45, 7) is 3.99. The molecule has 0 bridgehead atoms. The number of aromatic amines is 1. The van der Waals surface area contributed by atoms with Crippen molar-refractivity contribution >= 4 is 42.5 Å². The van der Waals surface area contributed by atoms with Gasteiger partial charge < -0.3 is 9.72 Å². The summed E-state index contributed by atoms with van der Waals surface area (Å²) in [6.07, 6.45) is 2.39. The molecule has 3 rings (SSSR count). The number of ether oxygens (including phenoxy) is 1. The van der Waals surface area contributed by atoms with Gasteiger partial charge in [0.25, 0.3) is 0 Å². The maximum absolute atomic E-state index is 12.8. The quantitative estimate of drug-likeness (QED) is 0.339. The van der Waals surface area contributed by atoms with Crippen LogP contribution in [0, 0.1) is 0 Å². The molecule has 0 amide bonds. The monoisotopic (exact) mass is 464 g/mol. The molecule has 7 heteroatoms. The summed E-state index contributed by atoms with van der Waals surface area (Å²) in [5, 5.41) is 1.27. The zero-order chi connectivity index (χ0) is 20.1. The molecular formula is C21H25BrN2O3S. The highest BCUT2D eigenvalue weighted by Gasteiger charge is 2.27. The van der Waals surface area contributed by atoms with Gasteiger partial charge in [-0.2, -0.15) is 0 Å². The lowest BCUT2D eigenvalue weighted by atomic mass is 10.0. The van der Waals surface area contributed by atoms with Gasteiger partial charge >= 0.3 is 0 Å². The van der Waals surface area contributed by atoms with Crippen molar-refractivity contribution in [2.45, 2.75) is 31.6 Å². The van der Waals surface area contributed by atoms with Crippen molar-refractivity contribution < 1.29 is 13.2 Å². The molecule has 1 unspecified atom stereocenters. The minimum atomic E-state index is -3.57. The number of rotatable bonds is 9. The van der Waals surface area contributed by atoms with Gasteiger partial charge in [-0.25, -0.2) is 8.42 Å². The second-order valence-corrected chi connectivity index (χ2v) is 9.63. The third-order valence-corrected chi connectivity index (χ3v) is 7.28. The van der Waals surface area contributed by atoms with Crippen molar-refractivity contribution in [3.05, 3.63) is 54.7 Å². The van der Waals surface area contributed by atoms with Crippen LogP contribution in [0.5, 0.6) is 0 Å². The van der Waals surface area contributed by atoms with E-state index in [1.54, 1.807) is 19.9 Å². The molecule has 0 aliphatic rings. The van der Waals surface area contributed by atoms with Crippen molar-refractivity contribution in [3.63, 3.8) is 0 Å². The molecule has 28 heavy (non-hydrogen) atoms. The molecule has 0 saturated heterocycles. The fourth-order valence-corrected chi connectivity index (χ4v) is 4.48. The van der Waals surface area contributed by atoms with Crippen LogP contribution in [-0.2, 0) is 14.8 Å². The van der Waals surface area contributed by atoms with Gasteiger partial charge in [-0.15, -0.1) is 0 Å². The predicted molar refractivity (Wildman–Crippen MR) is 120 cm³/mol. The summed E-state index contributed by atoms with van der Waals surface area (Å²) < 4.78 is 33.9. The normalized spacial score (nSPS) is 14.1. The number of alkyl halides is 1. The number of anilines is 1. The average molecular weight is 465 g/mol. The molecule has 2 atom stereocenters. The summed E-state index contributed by atoms with van der Waals surface area (Å²) in [5.74, 6) is 0. The maximum Gasteiger partial charge on any atom is 0.237 e. The summed E-state index contributed by atoms with van der Waals surface area (Å²) in [4.78, 5) is 3.25. The molecule has 0 fully saturated rings. The van der Waals surface area contributed by atoms with Crippen molar-refractivity contribution in [2.24, 2.45) is 0 Å². The first-order valence-corrected chi connectivity index (χ1v) is 11.9. The molecule has 0 radical (unpaired) electrons. The molecule has 0 spiro atoms. The number of para-hydroxylation sites is 1. The molecule has 1 heterocycles. The third-order valence-electron chi connectivity index (χ3n) is 4.83. The van der Waals surface area contributed by atoms with Crippen LogP contribution in [-0.4, -0.2) is 36.7 Å². The molecule has 0 saturated carbocycles. The number of H-pyrrole nitrogens is 1. The van der Waals surface area contributed by atoms with Gasteiger partial charge in [0.2, 0.25) is 10.0 Å². The number of sulfonamides is 1. The van der Waals surface area contributed by atoms with Crippen molar-refractivity contribution in [3.8, 4) is 11.1 Å². The number of hydrogen-bond acceptors (Lipinski definition) is 3. The van der Waals surface area contributed by atoms with E-state index >= 15 is 0 Å². The van der Waals surface area contributed by atoms with Crippen LogP contribution in [0.15, 0.2) is 54.7 Å². The lowest BCUT2D eigenvalue weighted by Crippen LogP contribution is -2.35. The topological polar surface area (TPSA) is 71.2 Å². The zero-order valence-corrected chi connectivity index (χ0v) is 18.4. The van der Waals surface area contributed by atoms with E-state index in [2.05, 4.69) is 25.6 Å². The second-order valence-electron chi connectivity index (χ2n) is 6.80. The van der Waals surface area contributed by atoms with Gasteiger partial charge in [0.1, 0.15) is 5.25 Å². The molecular weight excluding hydrogens is 440 g/mol. The number of nitrogens with one attached hydrogen (secondary N) is 2. The molecule has 3 aromatic rings. The lowest BCUT2D eigenvalue weighted by molar-refractivity contribution is 0.0669. The molecule has 5 nitrogen and oxygen atoms in total. The fraction of sp³-hybridized carbons (Fsp3) is 0.333. The SMILES string of the molecule is CC([C@H](C)OCCCBr)S(=O)(=O)Nc1cccc(-c2c[nH]c3ccccc23)c1. The number of benzene rings is 2. The van der Waals surface area contributed by atoms with Gasteiger partial charge in [-0.1, -0.05) is 46.3 Å². The Morgan fingerprint density at radius 3 is 2.71 bits per heavy atom. The second kappa shape index (κ2) is 9.11. The van der Waals surface area contributed by atoms with Crippen LogP contribution in [0.25, 0.3) is 22.0 Å². The summed E-state index contributed by atoms with van der Waals surface area (Å²) >= 11 is 3.35. The fourth-order valence-electron chi connectivity index (χ4n) is 3.03. The van der Waals surface area contributed by atoms with Crippen LogP contribution in [0.4, 0.5) is 5.69 Å². The Kier molecular flexibility index (Phi) is 6.80. The minimum absolute atomic E-state index is 0.395. The third kappa shape index (κ3) is 4.77. The lowest BCUT2D eigenvalue weighted by Gasteiger charge is -2.21. The van der Waals surface area contributed by atoms with E-state index in [4.69, 9.17) is 4.74 Å². The van der Waals surface area contributed by atoms with Gasteiger partial charge in [0, 0.05) is 40.3 Å². The van der Waals surface area contributed by atoms with Gasteiger partial charge in [0.05, 0.1) is 6.10 Å². The van der Waals surface area contributed by atoms with Gasteiger partial charge in [0.15, 0.2) is 0 Å². The molecule has 150 valence electrons. The Hall–Kier alpha value is -1.83. The van der Waals surface area contributed by atoms with Crippen LogP contribution in [0.1, 0.15) is 20.3 Å². The molecule has 2 aromatic carbocycles. The maximum atomic E-state index is 12.8. The Labute approximate surface area is 174 Å².